The summed E-state index contributed by atoms with van der Waals surface area (Å²) in [6, 6.07) is -1.02. The van der Waals surface area contributed by atoms with Crippen molar-refractivity contribution in [3.8, 4) is 0 Å². The summed E-state index contributed by atoms with van der Waals surface area (Å²) < 4.78 is 12.4. The van der Waals surface area contributed by atoms with E-state index in [2.05, 4.69) is 30.6 Å². The monoisotopic (exact) mass is 558 g/mol. The summed E-state index contributed by atoms with van der Waals surface area (Å²) >= 11 is 1.44. The van der Waals surface area contributed by atoms with Gasteiger partial charge in [0.2, 0.25) is 5.91 Å². The van der Waals surface area contributed by atoms with E-state index in [1.807, 2.05) is 13.0 Å². The van der Waals surface area contributed by atoms with Crippen LogP contribution in [0.3, 0.4) is 0 Å². The largest absolute Gasteiger partial charge is 0.483 e. The number of hydrogen-bond acceptors (Lipinski definition) is 9. The van der Waals surface area contributed by atoms with Crippen LogP contribution in [-0.4, -0.2) is 99.7 Å². The summed E-state index contributed by atoms with van der Waals surface area (Å²) in [6.45, 7) is 7.66. The van der Waals surface area contributed by atoms with Gasteiger partial charge in [-0.05, 0) is 61.5 Å². The lowest BCUT2D eigenvalue weighted by Crippen LogP contribution is -2.65. The van der Waals surface area contributed by atoms with Gasteiger partial charge in [0.15, 0.2) is 0 Å². The molecule has 0 radical (unpaired) electrons. The molecule has 0 saturated carbocycles. The van der Waals surface area contributed by atoms with Crippen molar-refractivity contribution in [3.63, 3.8) is 0 Å². The molecule has 0 unspecified atom stereocenters. The molecule has 10 nitrogen and oxygen atoms in total. The van der Waals surface area contributed by atoms with Gasteiger partial charge >= 0.3 is 0 Å². The molecule has 4 aliphatic rings. The van der Waals surface area contributed by atoms with Gasteiger partial charge < -0.3 is 40.5 Å². The standard InChI is InChI=1S/C26H44N2O6S.CH2O2/c1-14(2)11-16-8-9-33-23-17(12-16)13-27-19(23)25(32)28-18-15(3)7-5-4-6-10-35-26-22(31)20(29)21(30)24(18)34-26;2-1-3/h5,7,14-24,26-27,29-31H,4,6,8-13H2,1-3H3,(H,28,32);1H,(H,2,3)/t15-,16-,17-,18+,19-,20-,21+,22+,23+,24+,26+;/m0./s1. The van der Waals surface area contributed by atoms with Gasteiger partial charge in [-0.2, -0.15) is 0 Å². The number of amides is 1. The molecule has 1 amide bonds. The maximum atomic E-state index is 13.6. The fraction of sp³-hybridized carbons (Fsp3) is 0.852. The Labute approximate surface area is 229 Å². The Hall–Kier alpha value is -1.21. The number of aliphatic hydroxyl groups excluding tert-OH is 3. The molecule has 2 bridgehead atoms. The highest BCUT2D eigenvalue weighted by molar-refractivity contribution is 7.99. The first kappa shape index (κ1) is 31.3. The first-order chi connectivity index (χ1) is 18.2. The number of thioether (sulfide) groups is 1. The van der Waals surface area contributed by atoms with Crippen molar-refractivity contribution in [1.82, 2.24) is 10.6 Å². The predicted molar refractivity (Wildman–Crippen MR) is 145 cm³/mol. The zero-order chi connectivity index (χ0) is 27.8. The van der Waals surface area contributed by atoms with Crippen LogP contribution >= 0.6 is 11.8 Å². The lowest BCUT2D eigenvalue weighted by Gasteiger charge is -2.44. The van der Waals surface area contributed by atoms with Crippen LogP contribution in [0.15, 0.2) is 12.2 Å². The number of hydrogen-bond donors (Lipinski definition) is 6. The van der Waals surface area contributed by atoms with E-state index in [1.54, 1.807) is 0 Å². The van der Waals surface area contributed by atoms with Crippen molar-refractivity contribution in [2.24, 2.45) is 23.7 Å². The van der Waals surface area contributed by atoms with Gasteiger partial charge in [0.1, 0.15) is 35.9 Å². The third-order valence-electron chi connectivity index (χ3n) is 8.03. The van der Waals surface area contributed by atoms with Gasteiger partial charge in [-0.25, -0.2) is 0 Å². The summed E-state index contributed by atoms with van der Waals surface area (Å²) in [6.07, 6.45) is 4.41. The zero-order valence-corrected chi connectivity index (χ0v) is 23.5. The molecular weight excluding hydrogens is 512 g/mol. The maximum absolute atomic E-state index is 13.6. The summed E-state index contributed by atoms with van der Waals surface area (Å²) in [7, 11) is 0. The SMILES string of the molecule is CC(C)C[C@@H]1CCO[C@@H]2[C@H](CN[C@@H]2C(=O)N[C@H]2[C@H]3O[C@H](SCCCC=C[C@@H]2C)[C@H](O)[C@@H](O)[C@H]3O)C1.O=CO. The van der Waals surface area contributed by atoms with E-state index in [-0.39, 0.29) is 24.4 Å². The molecular formula is C27H46N2O8S. The second-order valence-electron chi connectivity index (χ2n) is 11.4. The molecule has 6 N–H and O–H groups in total. The second-order valence-corrected chi connectivity index (χ2v) is 12.6. The third-order valence-corrected chi connectivity index (χ3v) is 9.27. The Morgan fingerprint density at radius 2 is 1.95 bits per heavy atom. The quantitative estimate of drug-likeness (QED) is 0.218. The number of carbonyl (C=O) groups excluding carboxylic acids is 1. The molecule has 0 aliphatic carbocycles. The summed E-state index contributed by atoms with van der Waals surface area (Å²) in [5.41, 5.74) is -0.653. The minimum atomic E-state index is -1.33. The number of carbonyl (C=O) groups is 2. The molecule has 4 rings (SSSR count). The smallest absolute Gasteiger partial charge is 0.290 e. The molecule has 4 aliphatic heterocycles. The highest BCUT2D eigenvalue weighted by Crippen LogP contribution is 2.35. The van der Waals surface area contributed by atoms with Crippen molar-refractivity contribution < 1.29 is 39.5 Å². The molecule has 4 heterocycles. The fourth-order valence-corrected chi connectivity index (χ4v) is 7.31. The molecule has 0 spiro atoms. The molecule has 0 aromatic rings. The molecule has 11 atom stereocenters. The van der Waals surface area contributed by atoms with Crippen LogP contribution in [-0.2, 0) is 19.1 Å². The highest BCUT2D eigenvalue weighted by atomic mass is 32.2. The molecule has 0 aromatic heterocycles. The van der Waals surface area contributed by atoms with Crippen molar-refractivity contribution in [2.45, 2.75) is 101 Å². The molecule has 11 heteroatoms. The number of ether oxygens (including phenoxy) is 2. The van der Waals surface area contributed by atoms with Crippen molar-refractivity contribution in [1.29, 1.82) is 0 Å². The van der Waals surface area contributed by atoms with Gasteiger partial charge in [0.05, 0.1) is 12.1 Å². The third kappa shape index (κ3) is 7.93. The van der Waals surface area contributed by atoms with E-state index in [9.17, 15) is 20.1 Å². The average Bonchev–Trinajstić information content (AvgIpc) is 3.14. The van der Waals surface area contributed by atoms with Gasteiger partial charge in [-0.3, -0.25) is 9.59 Å². The Kier molecular flexibility index (Phi) is 12.3. The summed E-state index contributed by atoms with van der Waals surface area (Å²) in [5, 5.41) is 45.3. The van der Waals surface area contributed by atoms with E-state index < -0.39 is 41.9 Å². The average molecular weight is 559 g/mol. The van der Waals surface area contributed by atoms with E-state index in [1.165, 1.54) is 18.2 Å². The first-order valence-electron chi connectivity index (χ1n) is 13.9. The Morgan fingerprint density at radius 1 is 1.21 bits per heavy atom. The second kappa shape index (κ2) is 15.0. The Morgan fingerprint density at radius 3 is 2.66 bits per heavy atom. The van der Waals surface area contributed by atoms with Crippen LogP contribution in [0.4, 0.5) is 0 Å². The molecule has 0 aromatic carbocycles. The zero-order valence-electron chi connectivity index (χ0n) is 22.6. The molecule has 38 heavy (non-hydrogen) atoms. The minimum absolute atomic E-state index is 0.132. The highest BCUT2D eigenvalue weighted by Gasteiger charge is 2.49. The molecule has 3 fully saturated rings. The van der Waals surface area contributed by atoms with Crippen LogP contribution in [0, 0.1) is 23.7 Å². The van der Waals surface area contributed by atoms with Gasteiger partial charge in [0.25, 0.3) is 6.47 Å². The van der Waals surface area contributed by atoms with Crippen LogP contribution in [0.25, 0.3) is 0 Å². The van der Waals surface area contributed by atoms with Crippen molar-refractivity contribution in [2.75, 3.05) is 18.9 Å². The number of rotatable bonds is 4. The molecule has 218 valence electrons. The number of aliphatic hydroxyl groups is 3. The first-order valence-corrected chi connectivity index (χ1v) is 14.9. The van der Waals surface area contributed by atoms with E-state index in [0.29, 0.717) is 24.4 Å². The van der Waals surface area contributed by atoms with Crippen LogP contribution < -0.4 is 10.6 Å². The van der Waals surface area contributed by atoms with Crippen molar-refractivity contribution >= 4 is 24.1 Å². The van der Waals surface area contributed by atoms with E-state index >= 15 is 0 Å². The Balaban J connectivity index is 0.00000127. The van der Waals surface area contributed by atoms with Crippen LogP contribution in [0.2, 0.25) is 0 Å². The fourth-order valence-electron chi connectivity index (χ4n) is 6.18. The van der Waals surface area contributed by atoms with Crippen LogP contribution in [0.1, 0.15) is 52.9 Å². The summed E-state index contributed by atoms with van der Waals surface area (Å²) in [5.74, 6) is 2.05. The van der Waals surface area contributed by atoms with Crippen molar-refractivity contribution in [3.05, 3.63) is 12.2 Å². The van der Waals surface area contributed by atoms with Crippen LogP contribution in [0.5, 0.6) is 0 Å². The normalized spacial score (nSPS) is 41.6. The number of carboxylic acid groups (broad SMARTS) is 1. The Bertz CT molecular complexity index is 786. The number of allylic oxidation sites excluding steroid dienone is 1. The predicted octanol–water partition coefficient (Wildman–Crippen LogP) is 1.13. The van der Waals surface area contributed by atoms with E-state index in [4.69, 9.17) is 19.4 Å². The summed E-state index contributed by atoms with van der Waals surface area (Å²) in [4.78, 5) is 21.9. The van der Waals surface area contributed by atoms with Gasteiger partial charge in [0, 0.05) is 13.2 Å². The molecule has 3 saturated heterocycles. The maximum Gasteiger partial charge on any atom is 0.290 e. The van der Waals surface area contributed by atoms with E-state index in [0.717, 1.165) is 38.0 Å². The lowest BCUT2D eigenvalue weighted by atomic mass is 9.85. The van der Waals surface area contributed by atoms with Gasteiger partial charge in [-0.1, -0.05) is 32.9 Å². The lowest BCUT2D eigenvalue weighted by molar-refractivity contribution is -0.207. The van der Waals surface area contributed by atoms with Gasteiger partial charge in [-0.15, -0.1) is 11.8 Å². The number of fused-ring (bicyclic) bond motifs is 3. The minimum Gasteiger partial charge on any atom is -0.483 e. The number of nitrogens with one attached hydrogen (secondary N) is 2. The topological polar surface area (TPSA) is 158 Å².